The summed E-state index contributed by atoms with van der Waals surface area (Å²) in [6.45, 7) is 7.27. The predicted octanol–water partition coefficient (Wildman–Crippen LogP) is 2.73. The second kappa shape index (κ2) is 5.36. The van der Waals surface area contributed by atoms with Gasteiger partial charge in [0.2, 0.25) is 0 Å². The van der Waals surface area contributed by atoms with Gasteiger partial charge in [-0.2, -0.15) is 0 Å². The van der Waals surface area contributed by atoms with Crippen molar-refractivity contribution in [2.75, 3.05) is 6.54 Å². The molecule has 0 aliphatic heterocycles. The number of nitrogens with one attached hydrogen (secondary N) is 1. The van der Waals surface area contributed by atoms with Crippen LogP contribution in [0.15, 0.2) is 12.7 Å². The molecule has 0 bridgehead atoms. The van der Waals surface area contributed by atoms with Crippen molar-refractivity contribution >= 4 is 0 Å². The lowest BCUT2D eigenvalue weighted by atomic mass is 10.0. The van der Waals surface area contributed by atoms with Crippen LogP contribution in [-0.4, -0.2) is 12.6 Å². The van der Waals surface area contributed by atoms with Gasteiger partial charge in [-0.15, -0.1) is 6.58 Å². The Morgan fingerprint density at radius 3 is 2.92 bits per heavy atom. The zero-order valence-electron chi connectivity index (χ0n) is 8.18. The van der Waals surface area contributed by atoms with Crippen LogP contribution in [0.4, 0.5) is 0 Å². The SMILES string of the molecule is C=CCCCC(C)CNC1CC1. The van der Waals surface area contributed by atoms with Crippen LogP contribution in [0.3, 0.4) is 0 Å². The smallest absolute Gasteiger partial charge is 0.00683 e. The fraction of sp³-hybridized carbons (Fsp3) is 0.818. The highest BCUT2D eigenvalue weighted by atomic mass is 14.9. The van der Waals surface area contributed by atoms with Crippen molar-refractivity contribution in [2.24, 2.45) is 5.92 Å². The molecule has 0 aromatic heterocycles. The van der Waals surface area contributed by atoms with Gasteiger partial charge in [0.05, 0.1) is 0 Å². The van der Waals surface area contributed by atoms with Crippen LogP contribution in [0.5, 0.6) is 0 Å². The quantitative estimate of drug-likeness (QED) is 0.454. The molecule has 0 heterocycles. The van der Waals surface area contributed by atoms with Gasteiger partial charge in [-0.25, -0.2) is 0 Å². The van der Waals surface area contributed by atoms with E-state index in [9.17, 15) is 0 Å². The average Bonchev–Trinajstić information content (AvgIpc) is 2.84. The first-order valence-corrected chi connectivity index (χ1v) is 5.17. The van der Waals surface area contributed by atoms with E-state index in [0.29, 0.717) is 0 Å². The van der Waals surface area contributed by atoms with Gasteiger partial charge in [0, 0.05) is 6.04 Å². The molecule has 1 heteroatoms. The van der Waals surface area contributed by atoms with Crippen LogP contribution in [0.2, 0.25) is 0 Å². The highest BCUT2D eigenvalue weighted by Gasteiger charge is 2.20. The van der Waals surface area contributed by atoms with Crippen molar-refractivity contribution in [2.45, 2.75) is 45.1 Å². The number of hydrogen-bond donors (Lipinski definition) is 1. The first-order chi connectivity index (χ1) is 5.83. The van der Waals surface area contributed by atoms with Crippen molar-refractivity contribution in [1.82, 2.24) is 5.32 Å². The summed E-state index contributed by atoms with van der Waals surface area (Å²) in [7, 11) is 0. The van der Waals surface area contributed by atoms with E-state index in [4.69, 9.17) is 0 Å². The summed E-state index contributed by atoms with van der Waals surface area (Å²) in [6, 6.07) is 0.867. The summed E-state index contributed by atoms with van der Waals surface area (Å²) in [5.41, 5.74) is 0. The largest absolute Gasteiger partial charge is 0.314 e. The first kappa shape index (κ1) is 9.79. The zero-order chi connectivity index (χ0) is 8.81. The van der Waals surface area contributed by atoms with Crippen LogP contribution in [0.1, 0.15) is 39.0 Å². The molecule has 1 aliphatic rings. The summed E-state index contributed by atoms with van der Waals surface area (Å²) in [6.07, 6.45) is 8.64. The molecule has 0 aromatic carbocycles. The standard InChI is InChI=1S/C11H21N/c1-3-4-5-6-10(2)9-12-11-7-8-11/h3,10-12H,1,4-9H2,2H3. The van der Waals surface area contributed by atoms with Crippen molar-refractivity contribution in [1.29, 1.82) is 0 Å². The molecule has 0 saturated heterocycles. The molecule has 12 heavy (non-hydrogen) atoms. The summed E-state index contributed by atoms with van der Waals surface area (Å²) in [5.74, 6) is 0.838. The third-order valence-electron chi connectivity index (χ3n) is 2.44. The van der Waals surface area contributed by atoms with E-state index in [1.807, 2.05) is 6.08 Å². The molecule has 1 atom stereocenters. The highest BCUT2D eigenvalue weighted by Crippen LogP contribution is 2.19. The van der Waals surface area contributed by atoms with Crippen LogP contribution >= 0.6 is 0 Å². The van der Waals surface area contributed by atoms with Gasteiger partial charge in [-0.05, 0) is 44.6 Å². The minimum Gasteiger partial charge on any atom is -0.314 e. The Bertz CT molecular complexity index is 127. The van der Waals surface area contributed by atoms with Crippen molar-refractivity contribution in [3.63, 3.8) is 0 Å². The van der Waals surface area contributed by atoms with Gasteiger partial charge in [-0.3, -0.25) is 0 Å². The minimum atomic E-state index is 0.838. The Labute approximate surface area is 76.2 Å². The average molecular weight is 167 g/mol. The monoisotopic (exact) mass is 167 g/mol. The molecule has 1 aliphatic carbocycles. The Hall–Kier alpha value is -0.300. The van der Waals surface area contributed by atoms with Crippen molar-refractivity contribution < 1.29 is 0 Å². The summed E-state index contributed by atoms with van der Waals surface area (Å²) < 4.78 is 0. The topological polar surface area (TPSA) is 12.0 Å². The molecule has 1 fully saturated rings. The molecule has 0 radical (unpaired) electrons. The maximum Gasteiger partial charge on any atom is 0.00683 e. The number of unbranched alkanes of at least 4 members (excludes halogenated alkanes) is 1. The number of allylic oxidation sites excluding steroid dienone is 1. The van der Waals surface area contributed by atoms with E-state index in [1.165, 1.54) is 38.6 Å². The van der Waals surface area contributed by atoms with Crippen LogP contribution in [-0.2, 0) is 0 Å². The van der Waals surface area contributed by atoms with Gasteiger partial charge in [0.25, 0.3) is 0 Å². The number of rotatable bonds is 7. The first-order valence-electron chi connectivity index (χ1n) is 5.17. The van der Waals surface area contributed by atoms with E-state index < -0.39 is 0 Å². The number of hydrogen-bond acceptors (Lipinski definition) is 1. The molecule has 1 N–H and O–H groups in total. The second-order valence-electron chi connectivity index (χ2n) is 4.01. The summed E-state index contributed by atoms with van der Waals surface area (Å²) >= 11 is 0. The van der Waals surface area contributed by atoms with Gasteiger partial charge in [0.15, 0.2) is 0 Å². The molecule has 0 amide bonds. The van der Waals surface area contributed by atoms with Gasteiger partial charge in [-0.1, -0.05) is 13.0 Å². The Morgan fingerprint density at radius 2 is 2.33 bits per heavy atom. The molecule has 1 nitrogen and oxygen atoms in total. The van der Waals surface area contributed by atoms with E-state index in [0.717, 1.165) is 12.0 Å². The van der Waals surface area contributed by atoms with Gasteiger partial charge < -0.3 is 5.32 Å². The highest BCUT2D eigenvalue weighted by molar-refractivity contribution is 4.81. The normalized spacial score (nSPS) is 19.1. The molecule has 70 valence electrons. The van der Waals surface area contributed by atoms with Crippen LogP contribution in [0.25, 0.3) is 0 Å². The van der Waals surface area contributed by atoms with Crippen molar-refractivity contribution in [3.05, 3.63) is 12.7 Å². The lowest BCUT2D eigenvalue weighted by molar-refractivity contribution is 0.467. The third kappa shape index (κ3) is 4.55. The zero-order valence-corrected chi connectivity index (χ0v) is 8.18. The fourth-order valence-electron chi connectivity index (χ4n) is 1.37. The van der Waals surface area contributed by atoms with E-state index in [1.54, 1.807) is 0 Å². The lowest BCUT2D eigenvalue weighted by Gasteiger charge is -2.10. The molecule has 1 saturated carbocycles. The fourth-order valence-corrected chi connectivity index (χ4v) is 1.37. The second-order valence-corrected chi connectivity index (χ2v) is 4.01. The Kier molecular flexibility index (Phi) is 4.37. The third-order valence-corrected chi connectivity index (χ3v) is 2.44. The Morgan fingerprint density at radius 1 is 1.58 bits per heavy atom. The van der Waals surface area contributed by atoms with E-state index in [-0.39, 0.29) is 0 Å². The lowest BCUT2D eigenvalue weighted by Crippen LogP contribution is -2.22. The summed E-state index contributed by atoms with van der Waals surface area (Å²) in [5, 5.41) is 3.56. The van der Waals surface area contributed by atoms with Crippen LogP contribution < -0.4 is 5.32 Å². The Balaban J connectivity index is 1.87. The van der Waals surface area contributed by atoms with E-state index in [2.05, 4.69) is 18.8 Å². The summed E-state index contributed by atoms with van der Waals surface area (Å²) in [4.78, 5) is 0. The van der Waals surface area contributed by atoms with Gasteiger partial charge >= 0.3 is 0 Å². The molecular formula is C11H21N. The van der Waals surface area contributed by atoms with Gasteiger partial charge in [0.1, 0.15) is 0 Å². The predicted molar refractivity (Wildman–Crippen MR) is 54.2 cm³/mol. The maximum atomic E-state index is 3.73. The minimum absolute atomic E-state index is 0.838. The maximum absolute atomic E-state index is 3.73. The molecule has 1 unspecified atom stereocenters. The molecule has 0 aromatic rings. The van der Waals surface area contributed by atoms with Crippen molar-refractivity contribution in [3.8, 4) is 0 Å². The molecular weight excluding hydrogens is 146 g/mol. The molecule has 0 spiro atoms. The van der Waals surface area contributed by atoms with E-state index >= 15 is 0 Å². The molecule has 1 rings (SSSR count). The van der Waals surface area contributed by atoms with Crippen LogP contribution in [0, 0.1) is 5.92 Å².